The third-order valence-corrected chi connectivity index (χ3v) is 4.13. The molecule has 0 aliphatic rings. The highest BCUT2D eigenvalue weighted by atomic mass is 32.2. The van der Waals surface area contributed by atoms with Crippen molar-refractivity contribution in [2.45, 2.75) is 18.7 Å². The van der Waals surface area contributed by atoms with Gasteiger partial charge < -0.3 is 4.74 Å². The zero-order valence-electron chi connectivity index (χ0n) is 11.9. The Hall–Kier alpha value is -2.06. The fraction of sp³-hybridized carbons (Fsp3) is 0.200. The van der Waals surface area contributed by atoms with E-state index >= 15 is 0 Å². The molecular formula is C15H14F3NO3S. The molecule has 8 heteroatoms. The van der Waals surface area contributed by atoms with Crippen LogP contribution in [-0.2, 0) is 22.3 Å². The van der Waals surface area contributed by atoms with Crippen LogP contribution in [0.15, 0.2) is 54.6 Å². The van der Waals surface area contributed by atoms with Crippen LogP contribution in [0.25, 0.3) is 0 Å². The van der Waals surface area contributed by atoms with Crippen molar-refractivity contribution in [2.24, 2.45) is 0 Å². The third-order valence-electron chi connectivity index (χ3n) is 2.83. The normalized spacial score (nSPS) is 12.1. The van der Waals surface area contributed by atoms with Gasteiger partial charge in [0.15, 0.2) is 0 Å². The van der Waals surface area contributed by atoms with Crippen molar-refractivity contribution in [3.63, 3.8) is 0 Å². The smallest absolute Gasteiger partial charge is 0.406 e. The van der Waals surface area contributed by atoms with Gasteiger partial charge in [-0.05, 0) is 23.3 Å². The number of alkyl halides is 3. The highest BCUT2D eigenvalue weighted by Crippen LogP contribution is 2.23. The molecule has 0 saturated heterocycles. The van der Waals surface area contributed by atoms with E-state index in [9.17, 15) is 21.6 Å². The molecule has 2 aromatic rings. The molecule has 0 heterocycles. The van der Waals surface area contributed by atoms with E-state index < -0.39 is 22.1 Å². The second-order valence-corrected chi connectivity index (χ2v) is 6.57. The van der Waals surface area contributed by atoms with Gasteiger partial charge in [0.25, 0.3) is 0 Å². The van der Waals surface area contributed by atoms with E-state index in [1.54, 1.807) is 30.3 Å². The number of rotatable bonds is 6. The van der Waals surface area contributed by atoms with Crippen LogP contribution < -0.4 is 9.46 Å². The summed E-state index contributed by atoms with van der Waals surface area (Å²) in [5.74, 6) is -0.593. The average Bonchev–Trinajstić information content (AvgIpc) is 2.44. The maximum absolute atomic E-state index is 12.2. The highest BCUT2D eigenvalue weighted by Gasteiger charge is 2.31. The fourth-order valence-corrected chi connectivity index (χ4v) is 3.01. The van der Waals surface area contributed by atoms with Crippen LogP contribution in [0.4, 0.5) is 13.2 Å². The van der Waals surface area contributed by atoms with Crippen molar-refractivity contribution in [1.29, 1.82) is 0 Å². The Kier molecular flexibility index (Phi) is 5.27. The first-order chi connectivity index (χ1) is 10.7. The molecule has 2 rings (SSSR count). The van der Waals surface area contributed by atoms with Crippen LogP contribution in [0.5, 0.6) is 5.75 Å². The van der Waals surface area contributed by atoms with Gasteiger partial charge in [0.2, 0.25) is 10.0 Å². The number of sulfonamides is 1. The minimum absolute atomic E-state index is 0.121. The van der Waals surface area contributed by atoms with Gasteiger partial charge in [-0.15, -0.1) is 13.2 Å². The molecule has 0 fully saturated rings. The molecule has 0 aromatic heterocycles. The van der Waals surface area contributed by atoms with Gasteiger partial charge in [0, 0.05) is 6.54 Å². The monoisotopic (exact) mass is 345 g/mol. The maximum atomic E-state index is 12.2. The van der Waals surface area contributed by atoms with Gasteiger partial charge in [0.05, 0.1) is 5.75 Å². The second kappa shape index (κ2) is 7.01. The summed E-state index contributed by atoms with van der Waals surface area (Å²) in [7, 11) is -3.59. The van der Waals surface area contributed by atoms with Gasteiger partial charge in [-0.25, -0.2) is 13.1 Å². The molecule has 4 nitrogen and oxygen atoms in total. The molecule has 0 bridgehead atoms. The molecule has 0 aliphatic carbocycles. The van der Waals surface area contributed by atoms with E-state index in [2.05, 4.69) is 9.46 Å². The molecule has 0 spiro atoms. The lowest BCUT2D eigenvalue weighted by molar-refractivity contribution is -0.274. The molecule has 2 aromatic carbocycles. The Balaban J connectivity index is 1.98. The summed E-state index contributed by atoms with van der Waals surface area (Å²) in [4.78, 5) is 0. The molecule has 124 valence electrons. The molecule has 0 unspecified atom stereocenters. The quantitative estimate of drug-likeness (QED) is 0.875. The van der Waals surface area contributed by atoms with Crippen molar-refractivity contribution in [1.82, 2.24) is 4.72 Å². The molecule has 1 N–H and O–H groups in total. The lowest BCUT2D eigenvalue weighted by atomic mass is 10.2. The Labute approximate surface area is 132 Å². The Morgan fingerprint density at radius 2 is 1.61 bits per heavy atom. The first-order valence-electron chi connectivity index (χ1n) is 6.59. The first kappa shape index (κ1) is 17.3. The summed E-state index contributed by atoms with van der Waals surface area (Å²) in [5.41, 5.74) is 0.984. The average molecular weight is 345 g/mol. The molecule has 0 aliphatic heterocycles. The zero-order valence-corrected chi connectivity index (χ0v) is 12.7. The van der Waals surface area contributed by atoms with Crippen molar-refractivity contribution in [3.8, 4) is 5.75 Å². The van der Waals surface area contributed by atoms with Crippen LogP contribution in [0, 0.1) is 0 Å². The molecule has 0 radical (unpaired) electrons. The summed E-state index contributed by atoms with van der Waals surface area (Å²) in [6.07, 6.45) is -4.79. The van der Waals surface area contributed by atoms with Crippen molar-refractivity contribution in [3.05, 3.63) is 65.7 Å². The molecule has 23 heavy (non-hydrogen) atoms. The van der Waals surface area contributed by atoms with Crippen molar-refractivity contribution in [2.75, 3.05) is 0 Å². The standard InChI is InChI=1S/C15H14F3NO3S/c16-15(17,18)22-14-8-4-7-13(9-14)10-19-23(20,21)11-12-5-2-1-3-6-12/h1-9,19H,10-11H2. The highest BCUT2D eigenvalue weighted by molar-refractivity contribution is 7.88. The van der Waals surface area contributed by atoms with Crippen LogP contribution in [0.3, 0.4) is 0 Å². The van der Waals surface area contributed by atoms with Crippen LogP contribution in [0.1, 0.15) is 11.1 Å². The van der Waals surface area contributed by atoms with Gasteiger partial charge >= 0.3 is 6.36 Å². The fourth-order valence-electron chi connectivity index (χ4n) is 1.89. The first-order valence-corrected chi connectivity index (χ1v) is 8.25. The Bertz CT molecular complexity index is 746. The molecule has 0 atom stereocenters. The van der Waals surface area contributed by atoms with E-state index in [0.29, 0.717) is 11.1 Å². The number of hydrogen-bond acceptors (Lipinski definition) is 3. The Morgan fingerprint density at radius 3 is 2.26 bits per heavy atom. The largest absolute Gasteiger partial charge is 0.573 e. The number of ether oxygens (including phenoxy) is 1. The maximum Gasteiger partial charge on any atom is 0.573 e. The zero-order chi connectivity index (χ0) is 16.9. The van der Waals surface area contributed by atoms with E-state index in [1.165, 1.54) is 12.1 Å². The number of benzene rings is 2. The topological polar surface area (TPSA) is 55.4 Å². The predicted octanol–water partition coefficient (Wildman–Crippen LogP) is 3.20. The SMILES string of the molecule is O=S(=O)(Cc1ccccc1)NCc1cccc(OC(F)(F)F)c1. The van der Waals surface area contributed by atoms with Crippen molar-refractivity contribution < 1.29 is 26.3 Å². The van der Waals surface area contributed by atoms with Gasteiger partial charge in [-0.3, -0.25) is 0 Å². The van der Waals surface area contributed by atoms with E-state index in [1.807, 2.05) is 0 Å². The Morgan fingerprint density at radius 1 is 0.957 bits per heavy atom. The lowest BCUT2D eigenvalue weighted by Crippen LogP contribution is -2.24. The van der Waals surface area contributed by atoms with Crippen LogP contribution in [-0.4, -0.2) is 14.8 Å². The summed E-state index contributed by atoms with van der Waals surface area (Å²) in [5, 5.41) is 0. The third kappa shape index (κ3) is 6.29. The lowest BCUT2D eigenvalue weighted by Gasteiger charge is -2.11. The van der Waals surface area contributed by atoms with Gasteiger partial charge in [-0.1, -0.05) is 42.5 Å². The summed E-state index contributed by atoms with van der Waals surface area (Å²) >= 11 is 0. The van der Waals surface area contributed by atoms with Gasteiger partial charge in [-0.2, -0.15) is 0 Å². The molecular weight excluding hydrogens is 331 g/mol. The van der Waals surface area contributed by atoms with E-state index in [0.717, 1.165) is 12.1 Å². The molecule has 0 saturated carbocycles. The van der Waals surface area contributed by atoms with Crippen LogP contribution in [0.2, 0.25) is 0 Å². The number of nitrogens with one attached hydrogen (secondary N) is 1. The molecule has 0 amide bonds. The second-order valence-electron chi connectivity index (χ2n) is 4.76. The number of hydrogen-bond donors (Lipinski definition) is 1. The number of halogens is 3. The van der Waals surface area contributed by atoms with Crippen LogP contribution >= 0.6 is 0 Å². The minimum Gasteiger partial charge on any atom is -0.406 e. The predicted molar refractivity (Wildman–Crippen MR) is 79.0 cm³/mol. The van der Waals surface area contributed by atoms with E-state index in [-0.39, 0.29) is 12.3 Å². The minimum atomic E-state index is -4.79. The summed E-state index contributed by atoms with van der Waals surface area (Å²) in [6, 6.07) is 13.7. The summed E-state index contributed by atoms with van der Waals surface area (Å²) in [6.45, 7) is -0.121. The van der Waals surface area contributed by atoms with Gasteiger partial charge in [0.1, 0.15) is 5.75 Å². The van der Waals surface area contributed by atoms with E-state index in [4.69, 9.17) is 0 Å². The van der Waals surface area contributed by atoms with Crippen molar-refractivity contribution >= 4 is 10.0 Å². The summed E-state index contributed by atoms with van der Waals surface area (Å²) < 4.78 is 66.5.